The molecule has 0 amide bonds. The number of hydrogen-bond donors (Lipinski definition) is 0. The fourth-order valence-corrected chi connectivity index (χ4v) is 2.69. The van der Waals surface area contributed by atoms with Crippen molar-refractivity contribution in [3.63, 3.8) is 0 Å². The molecule has 14 heavy (non-hydrogen) atoms. The van der Waals surface area contributed by atoms with Crippen molar-refractivity contribution in [3.05, 3.63) is 28.5 Å². The minimum Gasteiger partial charge on any atom is -0.249 e. The van der Waals surface area contributed by atoms with Gasteiger partial charge in [-0.05, 0) is 39.9 Å². The highest BCUT2D eigenvalue weighted by atomic mass is 79.9. The molecule has 0 atom stereocenters. The molecule has 2 heteroatoms. The van der Waals surface area contributed by atoms with E-state index in [2.05, 4.69) is 27.0 Å². The first kappa shape index (κ1) is 10.2. The summed E-state index contributed by atoms with van der Waals surface area (Å²) < 4.78 is 1.03. The van der Waals surface area contributed by atoms with Gasteiger partial charge in [0, 0.05) is 6.20 Å². The van der Waals surface area contributed by atoms with E-state index in [0.717, 1.165) is 10.5 Å². The van der Waals surface area contributed by atoms with E-state index in [4.69, 9.17) is 0 Å². The molecule has 1 aliphatic carbocycles. The molecule has 1 aromatic rings. The number of halogens is 1. The van der Waals surface area contributed by atoms with E-state index in [1.807, 2.05) is 12.3 Å². The van der Waals surface area contributed by atoms with E-state index < -0.39 is 0 Å². The van der Waals surface area contributed by atoms with Crippen LogP contribution in [0.3, 0.4) is 0 Å². The molecule has 1 aromatic heterocycles. The van der Waals surface area contributed by atoms with Crippen molar-refractivity contribution in [3.8, 4) is 0 Å². The molecule has 1 fully saturated rings. The first-order valence-electron chi connectivity index (χ1n) is 5.45. The van der Waals surface area contributed by atoms with Crippen molar-refractivity contribution in [2.24, 2.45) is 5.92 Å². The average molecular weight is 254 g/mol. The van der Waals surface area contributed by atoms with Crippen LogP contribution in [0.1, 0.15) is 37.7 Å². The summed E-state index contributed by atoms with van der Waals surface area (Å²) in [6.45, 7) is 0. The third-order valence-electron chi connectivity index (χ3n) is 3.07. The molecule has 1 nitrogen and oxygen atoms in total. The highest BCUT2D eigenvalue weighted by Crippen LogP contribution is 2.28. The Morgan fingerprint density at radius 1 is 1.29 bits per heavy atom. The van der Waals surface area contributed by atoms with Gasteiger partial charge in [0.1, 0.15) is 4.60 Å². The van der Waals surface area contributed by atoms with Gasteiger partial charge in [0.15, 0.2) is 0 Å². The number of nitrogens with zero attached hydrogens (tertiary/aromatic N) is 1. The normalized spacial score (nSPS) is 18.4. The molecular formula is C12H16BrN. The van der Waals surface area contributed by atoms with Crippen LogP contribution < -0.4 is 0 Å². The van der Waals surface area contributed by atoms with Crippen LogP contribution in [0.15, 0.2) is 22.9 Å². The summed E-state index contributed by atoms with van der Waals surface area (Å²) in [6.07, 6.45) is 10.1. The van der Waals surface area contributed by atoms with Crippen LogP contribution >= 0.6 is 15.9 Å². The Morgan fingerprint density at radius 2 is 2.07 bits per heavy atom. The molecular weight excluding hydrogens is 238 g/mol. The van der Waals surface area contributed by atoms with Crippen molar-refractivity contribution in [2.75, 3.05) is 0 Å². The van der Waals surface area contributed by atoms with Crippen molar-refractivity contribution in [2.45, 2.75) is 38.5 Å². The maximum absolute atomic E-state index is 4.26. The van der Waals surface area contributed by atoms with Crippen LogP contribution in [-0.4, -0.2) is 4.98 Å². The van der Waals surface area contributed by atoms with Crippen molar-refractivity contribution < 1.29 is 0 Å². The van der Waals surface area contributed by atoms with Gasteiger partial charge in [0.25, 0.3) is 0 Å². The van der Waals surface area contributed by atoms with Crippen molar-refractivity contribution >= 4 is 15.9 Å². The molecule has 0 bridgehead atoms. The van der Waals surface area contributed by atoms with Crippen LogP contribution in [0.4, 0.5) is 0 Å². The molecule has 0 aliphatic heterocycles. The molecule has 1 heterocycles. The quantitative estimate of drug-likeness (QED) is 0.728. The topological polar surface area (TPSA) is 12.9 Å². The Hall–Kier alpha value is -0.370. The Balaban J connectivity index is 1.99. The van der Waals surface area contributed by atoms with Crippen LogP contribution in [-0.2, 0) is 6.42 Å². The van der Waals surface area contributed by atoms with Gasteiger partial charge in [-0.1, -0.05) is 38.2 Å². The minimum atomic E-state index is 0.893. The number of hydrogen-bond acceptors (Lipinski definition) is 1. The molecule has 0 N–H and O–H groups in total. The lowest BCUT2D eigenvalue weighted by Gasteiger charge is -2.21. The van der Waals surface area contributed by atoms with Gasteiger partial charge in [0.05, 0.1) is 0 Å². The molecule has 0 spiro atoms. The first-order valence-corrected chi connectivity index (χ1v) is 6.25. The summed E-state index contributed by atoms with van der Waals surface area (Å²) in [7, 11) is 0. The second-order valence-electron chi connectivity index (χ2n) is 4.16. The Labute approximate surface area is 94.1 Å². The third-order valence-corrected chi connectivity index (χ3v) is 3.78. The van der Waals surface area contributed by atoms with E-state index in [-0.39, 0.29) is 0 Å². The maximum atomic E-state index is 4.26. The van der Waals surface area contributed by atoms with Gasteiger partial charge in [-0.25, -0.2) is 4.98 Å². The van der Waals surface area contributed by atoms with Gasteiger partial charge >= 0.3 is 0 Å². The van der Waals surface area contributed by atoms with Gasteiger partial charge in [0.2, 0.25) is 0 Å². The predicted octanol–water partition coefficient (Wildman–Crippen LogP) is 3.97. The van der Waals surface area contributed by atoms with Crippen LogP contribution in [0.25, 0.3) is 0 Å². The lowest BCUT2D eigenvalue weighted by Crippen LogP contribution is -2.09. The van der Waals surface area contributed by atoms with E-state index in [9.17, 15) is 0 Å². The summed E-state index contributed by atoms with van der Waals surface area (Å²) in [5.74, 6) is 0.893. The molecule has 1 aliphatic rings. The monoisotopic (exact) mass is 253 g/mol. The largest absolute Gasteiger partial charge is 0.249 e. The number of rotatable bonds is 2. The second kappa shape index (κ2) is 4.92. The summed E-state index contributed by atoms with van der Waals surface area (Å²) in [5.41, 5.74) is 1.37. The van der Waals surface area contributed by atoms with Gasteiger partial charge < -0.3 is 0 Å². The molecule has 0 radical (unpaired) electrons. The molecule has 0 saturated heterocycles. The highest BCUT2D eigenvalue weighted by Gasteiger charge is 2.14. The summed E-state index contributed by atoms with van der Waals surface area (Å²) in [6, 6.07) is 4.22. The summed E-state index contributed by atoms with van der Waals surface area (Å²) >= 11 is 3.51. The van der Waals surface area contributed by atoms with Crippen LogP contribution in [0.2, 0.25) is 0 Å². The minimum absolute atomic E-state index is 0.893. The lowest BCUT2D eigenvalue weighted by molar-refractivity contribution is 0.356. The maximum Gasteiger partial charge on any atom is 0.109 e. The molecule has 1 saturated carbocycles. The Morgan fingerprint density at radius 3 is 2.79 bits per heavy atom. The number of aromatic nitrogens is 1. The van der Waals surface area contributed by atoms with Crippen molar-refractivity contribution in [1.29, 1.82) is 0 Å². The smallest absolute Gasteiger partial charge is 0.109 e. The van der Waals surface area contributed by atoms with E-state index in [0.29, 0.717) is 0 Å². The van der Waals surface area contributed by atoms with E-state index >= 15 is 0 Å². The molecule has 0 unspecified atom stereocenters. The summed E-state index contributed by atoms with van der Waals surface area (Å²) in [4.78, 5) is 4.26. The highest BCUT2D eigenvalue weighted by molar-refractivity contribution is 9.10. The number of pyridine rings is 1. The zero-order valence-electron chi connectivity index (χ0n) is 8.38. The Bertz CT molecular complexity index is 292. The van der Waals surface area contributed by atoms with Gasteiger partial charge in [-0.3, -0.25) is 0 Å². The fourth-order valence-electron chi connectivity index (χ4n) is 2.27. The lowest BCUT2D eigenvalue weighted by atomic mass is 9.85. The molecule has 76 valence electrons. The molecule has 2 rings (SSSR count). The zero-order chi connectivity index (χ0) is 9.80. The zero-order valence-corrected chi connectivity index (χ0v) is 9.96. The average Bonchev–Trinajstić information content (AvgIpc) is 2.23. The first-order chi connectivity index (χ1) is 6.86. The van der Waals surface area contributed by atoms with Crippen LogP contribution in [0, 0.1) is 5.92 Å². The van der Waals surface area contributed by atoms with Crippen LogP contribution in [0.5, 0.6) is 0 Å². The standard InChI is InChI=1S/C12H16BrN/c13-12-11(7-4-8-14-12)9-10-5-2-1-3-6-10/h4,7-8,10H,1-3,5-6,9H2. The molecule has 0 aromatic carbocycles. The van der Waals surface area contributed by atoms with E-state index in [1.54, 1.807) is 0 Å². The summed E-state index contributed by atoms with van der Waals surface area (Å²) in [5, 5.41) is 0. The predicted molar refractivity (Wildman–Crippen MR) is 62.2 cm³/mol. The van der Waals surface area contributed by atoms with Gasteiger partial charge in [-0.15, -0.1) is 0 Å². The third kappa shape index (κ3) is 2.57. The van der Waals surface area contributed by atoms with E-state index in [1.165, 1.54) is 44.1 Å². The van der Waals surface area contributed by atoms with Gasteiger partial charge in [-0.2, -0.15) is 0 Å². The Kier molecular flexibility index (Phi) is 3.57. The second-order valence-corrected chi connectivity index (χ2v) is 4.91. The fraction of sp³-hybridized carbons (Fsp3) is 0.583. The van der Waals surface area contributed by atoms with Crippen molar-refractivity contribution in [1.82, 2.24) is 4.98 Å². The SMILES string of the molecule is Brc1ncccc1CC1CCCCC1.